The number of anilines is 3. The summed E-state index contributed by atoms with van der Waals surface area (Å²) < 4.78 is 15.4. The largest absolute Gasteiger partial charge is 0.497 e. The molecule has 2 aromatic heterocycles. The molecule has 1 amide bonds. The highest BCUT2D eigenvalue weighted by Gasteiger charge is 2.12. The first kappa shape index (κ1) is 17.3. The van der Waals surface area contributed by atoms with Crippen LogP contribution in [-0.4, -0.2) is 30.3 Å². The lowest BCUT2D eigenvalue weighted by Gasteiger charge is -2.11. The highest BCUT2D eigenvalue weighted by atomic mass is 16.5. The normalized spacial score (nSPS) is 10.3. The SMILES string of the molecule is COc1ccc(OC)c(NC(=O)c2ccc(Nc3cc(C)on3)cn2)c1. The number of carbonyl (C=O) groups is 1. The van der Waals surface area contributed by atoms with Gasteiger partial charge in [0.2, 0.25) is 0 Å². The third kappa shape index (κ3) is 3.92. The molecule has 2 heterocycles. The molecule has 8 heteroatoms. The molecule has 0 atom stereocenters. The Morgan fingerprint density at radius 1 is 1.12 bits per heavy atom. The van der Waals surface area contributed by atoms with Gasteiger partial charge in [-0.2, -0.15) is 0 Å². The minimum absolute atomic E-state index is 0.261. The fourth-order valence-corrected chi connectivity index (χ4v) is 2.27. The van der Waals surface area contributed by atoms with Crippen molar-refractivity contribution in [3.8, 4) is 11.5 Å². The van der Waals surface area contributed by atoms with Crippen LogP contribution in [0.15, 0.2) is 47.1 Å². The molecular formula is C18H18N4O4. The summed E-state index contributed by atoms with van der Waals surface area (Å²) in [5.41, 5.74) is 1.45. The van der Waals surface area contributed by atoms with Crippen molar-refractivity contribution in [2.24, 2.45) is 0 Å². The van der Waals surface area contributed by atoms with Gasteiger partial charge in [0.05, 0.1) is 31.8 Å². The van der Waals surface area contributed by atoms with E-state index in [1.165, 1.54) is 7.11 Å². The lowest BCUT2D eigenvalue weighted by Crippen LogP contribution is -2.14. The van der Waals surface area contributed by atoms with Crippen molar-refractivity contribution in [1.82, 2.24) is 10.1 Å². The van der Waals surface area contributed by atoms with Crippen molar-refractivity contribution in [3.63, 3.8) is 0 Å². The molecule has 0 unspecified atom stereocenters. The maximum atomic E-state index is 12.4. The van der Waals surface area contributed by atoms with Gasteiger partial charge >= 0.3 is 0 Å². The molecule has 0 spiro atoms. The summed E-state index contributed by atoms with van der Waals surface area (Å²) in [4.78, 5) is 16.6. The Balaban J connectivity index is 1.72. The molecule has 0 aliphatic heterocycles. The predicted octanol–water partition coefficient (Wildman–Crippen LogP) is 3.39. The second kappa shape index (κ2) is 7.56. The van der Waals surface area contributed by atoms with Crippen molar-refractivity contribution < 1.29 is 18.8 Å². The van der Waals surface area contributed by atoms with E-state index in [9.17, 15) is 4.79 Å². The van der Waals surface area contributed by atoms with Crippen LogP contribution in [0.5, 0.6) is 11.5 Å². The van der Waals surface area contributed by atoms with Crippen LogP contribution in [0.4, 0.5) is 17.2 Å². The maximum Gasteiger partial charge on any atom is 0.274 e. The number of hydrogen-bond acceptors (Lipinski definition) is 7. The summed E-state index contributed by atoms with van der Waals surface area (Å²) in [5, 5.41) is 9.65. The summed E-state index contributed by atoms with van der Waals surface area (Å²) in [6.07, 6.45) is 1.54. The predicted molar refractivity (Wildman–Crippen MR) is 96.3 cm³/mol. The van der Waals surface area contributed by atoms with E-state index >= 15 is 0 Å². The molecule has 8 nitrogen and oxygen atoms in total. The third-order valence-electron chi connectivity index (χ3n) is 3.55. The van der Waals surface area contributed by atoms with Gasteiger partial charge in [0.15, 0.2) is 5.82 Å². The highest BCUT2D eigenvalue weighted by Crippen LogP contribution is 2.29. The molecular weight excluding hydrogens is 336 g/mol. The Morgan fingerprint density at radius 2 is 1.96 bits per heavy atom. The molecule has 0 radical (unpaired) electrons. The zero-order valence-corrected chi connectivity index (χ0v) is 14.6. The van der Waals surface area contributed by atoms with Gasteiger partial charge < -0.3 is 24.6 Å². The Hall–Kier alpha value is -3.55. The van der Waals surface area contributed by atoms with Crippen LogP contribution < -0.4 is 20.1 Å². The molecule has 0 saturated heterocycles. The van der Waals surface area contributed by atoms with Crippen molar-refractivity contribution in [3.05, 3.63) is 54.0 Å². The average Bonchev–Trinajstić information content (AvgIpc) is 3.07. The molecule has 3 rings (SSSR count). The van der Waals surface area contributed by atoms with Gasteiger partial charge in [-0.15, -0.1) is 0 Å². The second-order valence-corrected chi connectivity index (χ2v) is 5.40. The molecule has 1 aromatic carbocycles. The number of aryl methyl sites for hydroxylation is 1. The van der Waals surface area contributed by atoms with E-state index in [2.05, 4.69) is 20.8 Å². The number of amides is 1. The summed E-state index contributed by atoms with van der Waals surface area (Å²) in [5.74, 6) is 2.04. The third-order valence-corrected chi connectivity index (χ3v) is 3.55. The topological polar surface area (TPSA) is 98.5 Å². The Kier molecular flexibility index (Phi) is 5.02. The number of methoxy groups -OCH3 is 2. The number of carbonyl (C=O) groups excluding carboxylic acids is 1. The number of ether oxygens (including phenoxy) is 2. The van der Waals surface area contributed by atoms with Gasteiger partial charge in [-0.05, 0) is 31.2 Å². The van der Waals surface area contributed by atoms with Crippen LogP contribution in [0.2, 0.25) is 0 Å². The lowest BCUT2D eigenvalue weighted by atomic mass is 10.2. The molecule has 3 aromatic rings. The summed E-state index contributed by atoms with van der Waals surface area (Å²) in [6, 6.07) is 10.2. The molecule has 0 saturated carbocycles. The van der Waals surface area contributed by atoms with E-state index in [1.54, 1.807) is 56.6 Å². The van der Waals surface area contributed by atoms with Crippen molar-refractivity contribution >= 4 is 23.1 Å². The van der Waals surface area contributed by atoms with Crippen LogP contribution in [-0.2, 0) is 0 Å². The lowest BCUT2D eigenvalue weighted by molar-refractivity contribution is 0.102. The Labute approximate surface area is 150 Å². The number of rotatable bonds is 6. The fraction of sp³-hybridized carbons (Fsp3) is 0.167. The minimum atomic E-state index is -0.361. The molecule has 0 aliphatic rings. The van der Waals surface area contributed by atoms with Crippen molar-refractivity contribution in [1.29, 1.82) is 0 Å². The first-order valence-electron chi connectivity index (χ1n) is 7.79. The molecule has 0 aliphatic carbocycles. The Morgan fingerprint density at radius 3 is 2.58 bits per heavy atom. The van der Waals surface area contributed by atoms with Crippen LogP contribution >= 0.6 is 0 Å². The zero-order valence-electron chi connectivity index (χ0n) is 14.6. The van der Waals surface area contributed by atoms with E-state index in [0.717, 1.165) is 0 Å². The van der Waals surface area contributed by atoms with Crippen molar-refractivity contribution in [2.75, 3.05) is 24.9 Å². The van der Waals surface area contributed by atoms with Gasteiger partial charge in [-0.25, -0.2) is 4.98 Å². The summed E-state index contributed by atoms with van der Waals surface area (Å²) >= 11 is 0. The fourth-order valence-electron chi connectivity index (χ4n) is 2.27. The quantitative estimate of drug-likeness (QED) is 0.700. The van der Waals surface area contributed by atoms with Crippen molar-refractivity contribution in [2.45, 2.75) is 6.92 Å². The molecule has 0 fully saturated rings. The first-order chi connectivity index (χ1) is 12.6. The van der Waals surface area contributed by atoms with Crippen LogP contribution in [0, 0.1) is 6.92 Å². The molecule has 2 N–H and O–H groups in total. The minimum Gasteiger partial charge on any atom is -0.497 e. The number of pyridine rings is 1. The van der Waals surface area contributed by atoms with Crippen LogP contribution in [0.25, 0.3) is 0 Å². The number of nitrogens with zero attached hydrogens (tertiary/aromatic N) is 2. The van der Waals surface area contributed by atoms with Gasteiger partial charge in [0.1, 0.15) is 23.0 Å². The number of nitrogens with one attached hydrogen (secondary N) is 2. The van der Waals surface area contributed by atoms with E-state index in [1.807, 2.05) is 0 Å². The summed E-state index contributed by atoms with van der Waals surface area (Å²) in [6.45, 7) is 1.80. The monoisotopic (exact) mass is 354 g/mol. The maximum absolute atomic E-state index is 12.4. The molecule has 0 bridgehead atoms. The van der Waals surface area contributed by atoms with Crippen LogP contribution in [0.3, 0.4) is 0 Å². The van der Waals surface area contributed by atoms with E-state index in [4.69, 9.17) is 14.0 Å². The van der Waals surface area contributed by atoms with Gasteiger partial charge in [0.25, 0.3) is 5.91 Å². The molecule has 134 valence electrons. The van der Waals surface area contributed by atoms with Gasteiger partial charge in [0, 0.05) is 12.1 Å². The first-order valence-corrected chi connectivity index (χ1v) is 7.79. The Bertz CT molecular complexity index is 906. The van der Waals surface area contributed by atoms with E-state index < -0.39 is 0 Å². The average molecular weight is 354 g/mol. The van der Waals surface area contributed by atoms with E-state index in [-0.39, 0.29) is 11.6 Å². The summed E-state index contributed by atoms with van der Waals surface area (Å²) in [7, 11) is 3.08. The van der Waals surface area contributed by atoms with E-state index in [0.29, 0.717) is 34.5 Å². The van der Waals surface area contributed by atoms with Gasteiger partial charge in [-0.1, -0.05) is 5.16 Å². The molecule has 26 heavy (non-hydrogen) atoms. The number of aromatic nitrogens is 2. The number of hydrogen-bond donors (Lipinski definition) is 2. The smallest absolute Gasteiger partial charge is 0.274 e. The standard InChI is InChI=1S/C18H18N4O4/c1-11-8-17(22-26-11)20-12-4-6-14(19-10-12)18(23)21-15-9-13(24-2)5-7-16(15)25-3/h4-10H,1-3H3,(H,20,22)(H,21,23). The zero-order chi connectivity index (χ0) is 18.5. The van der Waals surface area contributed by atoms with Gasteiger partial charge in [-0.3, -0.25) is 4.79 Å². The number of benzene rings is 1. The van der Waals surface area contributed by atoms with Crippen LogP contribution in [0.1, 0.15) is 16.2 Å². The highest BCUT2D eigenvalue weighted by molar-refractivity contribution is 6.03. The second-order valence-electron chi connectivity index (χ2n) is 5.40.